The van der Waals surface area contributed by atoms with Gasteiger partial charge in [-0.3, -0.25) is 0 Å². The molecule has 0 radical (unpaired) electrons. The van der Waals surface area contributed by atoms with Gasteiger partial charge in [0.15, 0.2) is 0 Å². The highest BCUT2D eigenvalue weighted by molar-refractivity contribution is 6.33. The summed E-state index contributed by atoms with van der Waals surface area (Å²) in [5.74, 6) is 0. The van der Waals surface area contributed by atoms with Crippen molar-refractivity contribution >= 4 is 23.2 Å². The Morgan fingerprint density at radius 2 is 1.53 bits per heavy atom. The van der Waals surface area contributed by atoms with Gasteiger partial charge in [-0.2, -0.15) is 0 Å². The van der Waals surface area contributed by atoms with Crippen molar-refractivity contribution in [1.82, 2.24) is 0 Å². The van der Waals surface area contributed by atoms with Crippen LogP contribution in [0.4, 0.5) is 0 Å². The zero-order valence-corrected chi connectivity index (χ0v) is 12.8. The van der Waals surface area contributed by atoms with Crippen LogP contribution in [-0.4, -0.2) is 0 Å². The fourth-order valence-corrected chi connectivity index (χ4v) is 3.01. The molecule has 2 aromatic carbocycles. The Morgan fingerprint density at radius 3 is 2.11 bits per heavy atom. The molecular weight excluding hydrogens is 277 g/mol. The SMILES string of the molecule is Cc1cc(C)c(C(N)c2cc(Cl)ccc2Cl)c(C)c1. The van der Waals surface area contributed by atoms with Gasteiger partial charge in [-0.25, -0.2) is 0 Å². The number of aryl methyl sites for hydroxylation is 3. The minimum atomic E-state index is -0.258. The van der Waals surface area contributed by atoms with Crippen LogP contribution in [0.15, 0.2) is 30.3 Å². The summed E-state index contributed by atoms with van der Waals surface area (Å²) in [7, 11) is 0. The van der Waals surface area contributed by atoms with E-state index >= 15 is 0 Å². The van der Waals surface area contributed by atoms with E-state index in [2.05, 4.69) is 32.9 Å². The van der Waals surface area contributed by atoms with Crippen molar-refractivity contribution in [3.05, 3.63) is 68.2 Å². The minimum Gasteiger partial charge on any atom is -0.320 e. The summed E-state index contributed by atoms with van der Waals surface area (Å²) in [5, 5.41) is 1.30. The first-order chi connectivity index (χ1) is 8.90. The van der Waals surface area contributed by atoms with Crippen LogP contribution < -0.4 is 5.73 Å². The summed E-state index contributed by atoms with van der Waals surface area (Å²) in [5.41, 5.74) is 12.0. The zero-order valence-electron chi connectivity index (χ0n) is 11.3. The monoisotopic (exact) mass is 293 g/mol. The predicted octanol–water partition coefficient (Wildman–Crippen LogP) is 4.97. The smallest absolute Gasteiger partial charge is 0.0572 e. The third-order valence-corrected chi connectivity index (χ3v) is 3.92. The van der Waals surface area contributed by atoms with E-state index in [-0.39, 0.29) is 6.04 Å². The first-order valence-corrected chi connectivity index (χ1v) is 6.94. The Kier molecular flexibility index (Phi) is 4.19. The number of benzene rings is 2. The average Bonchev–Trinajstić information content (AvgIpc) is 2.30. The summed E-state index contributed by atoms with van der Waals surface area (Å²) < 4.78 is 0. The molecule has 2 N–H and O–H groups in total. The van der Waals surface area contributed by atoms with Crippen molar-refractivity contribution in [3.63, 3.8) is 0 Å². The molecule has 0 aliphatic heterocycles. The molecule has 3 heteroatoms. The maximum absolute atomic E-state index is 6.39. The van der Waals surface area contributed by atoms with Gasteiger partial charge < -0.3 is 5.73 Å². The second-order valence-corrected chi connectivity index (χ2v) is 5.80. The van der Waals surface area contributed by atoms with Crippen LogP contribution in [0, 0.1) is 20.8 Å². The van der Waals surface area contributed by atoms with Crippen molar-refractivity contribution in [2.24, 2.45) is 5.73 Å². The molecule has 0 spiro atoms. The van der Waals surface area contributed by atoms with Gasteiger partial charge in [-0.1, -0.05) is 40.9 Å². The summed E-state index contributed by atoms with van der Waals surface area (Å²) in [6.07, 6.45) is 0. The molecule has 2 rings (SSSR count). The molecule has 1 nitrogen and oxygen atoms in total. The summed E-state index contributed by atoms with van der Waals surface area (Å²) in [6, 6.07) is 9.42. The molecule has 0 amide bonds. The standard InChI is InChI=1S/C16H17Cl2N/c1-9-6-10(2)15(11(3)7-9)16(19)13-8-12(17)4-5-14(13)18/h4-8,16H,19H2,1-3H3. The van der Waals surface area contributed by atoms with E-state index in [4.69, 9.17) is 28.9 Å². The van der Waals surface area contributed by atoms with Crippen molar-refractivity contribution < 1.29 is 0 Å². The molecule has 0 aliphatic rings. The van der Waals surface area contributed by atoms with E-state index in [0.29, 0.717) is 10.0 Å². The van der Waals surface area contributed by atoms with Gasteiger partial charge in [0.2, 0.25) is 0 Å². The number of rotatable bonds is 2. The van der Waals surface area contributed by atoms with Gasteiger partial charge >= 0.3 is 0 Å². The van der Waals surface area contributed by atoms with Crippen LogP contribution in [-0.2, 0) is 0 Å². The average molecular weight is 294 g/mol. The lowest BCUT2D eigenvalue weighted by Crippen LogP contribution is -2.15. The minimum absolute atomic E-state index is 0.258. The first kappa shape index (κ1) is 14.4. The van der Waals surface area contributed by atoms with Crippen molar-refractivity contribution in [1.29, 1.82) is 0 Å². The Morgan fingerprint density at radius 1 is 0.947 bits per heavy atom. The molecule has 0 heterocycles. The van der Waals surface area contributed by atoms with Gasteiger partial charge in [0.1, 0.15) is 0 Å². The highest BCUT2D eigenvalue weighted by Gasteiger charge is 2.17. The predicted molar refractivity (Wildman–Crippen MR) is 83.1 cm³/mol. The van der Waals surface area contributed by atoms with Gasteiger partial charge in [-0.15, -0.1) is 0 Å². The fourth-order valence-electron chi connectivity index (χ4n) is 2.59. The maximum atomic E-state index is 6.39. The third-order valence-electron chi connectivity index (χ3n) is 3.34. The second-order valence-electron chi connectivity index (χ2n) is 4.96. The summed E-state index contributed by atoms with van der Waals surface area (Å²) >= 11 is 12.3. The maximum Gasteiger partial charge on any atom is 0.0572 e. The Hall–Kier alpha value is -1.02. The van der Waals surface area contributed by atoms with Crippen LogP contribution >= 0.6 is 23.2 Å². The molecule has 1 atom stereocenters. The van der Waals surface area contributed by atoms with Crippen LogP contribution in [0.2, 0.25) is 10.0 Å². The molecule has 0 fully saturated rings. The number of halogens is 2. The molecule has 100 valence electrons. The molecule has 1 unspecified atom stereocenters. The molecule has 0 aromatic heterocycles. The Bertz CT molecular complexity index is 597. The number of nitrogens with two attached hydrogens (primary N) is 1. The van der Waals surface area contributed by atoms with Crippen molar-refractivity contribution in [2.45, 2.75) is 26.8 Å². The Balaban J connectivity index is 2.56. The van der Waals surface area contributed by atoms with Crippen LogP contribution in [0.25, 0.3) is 0 Å². The lowest BCUT2D eigenvalue weighted by atomic mass is 9.90. The largest absolute Gasteiger partial charge is 0.320 e. The summed E-state index contributed by atoms with van der Waals surface area (Å²) in [6.45, 7) is 6.24. The van der Waals surface area contributed by atoms with E-state index in [1.165, 1.54) is 16.7 Å². The van der Waals surface area contributed by atoms with Crippen LogP contribution in [0.3, 0.4) is 0 Å². The van der Waals surface area contributed by atoms with Crippen LogP contribution in [0.5, 0.6) is 0 Å². The molecule has 0 bridgehead atoms. The van der Waals surface area contributed by atoms with Gasteiger partial charge in [0.05, 0.1) is 6.04 Å². The third kappa shape index (κ3) is 2.94. The van der Waals surface area contributed by atoms with E-state index < -0.39 is 0 Å². The molecule has 0 saturated heterocycles. The Labute approximate surface area is 124 Å². The second kappa shape index (κ2) is 5.54. The highest BCUT2D eigenvalue weighted by atomic mass is 35.5. The van der Waals surface area contributed by atoms with Crippen molar-refractivity contribution in [3.8, 4) is 0 Å². The zero-order chi connectivity index (χ0) is 14.2. The van der Waals surface area contributed by atoms with E-state index in [1.807, 2.05) is 6.07 Å². The fraction of sp³-hybridized carbons (Fsp3) is 0.250. The van der Waals surface area contributed by atoms with Crippen molar-refractivity contribution in [2.75, 3.05) is 0 Å². The van der Waals surface area contributed by atoms with E-state index in [0.717, 1.165) is 11.1 Å². The summed E-state index contributed by atoms with van der Waals surface area (Å²) in [4.78, 5) is 0. The molecule has 19 heavy (non-hydrogen) atoms. The van der Waals surface area contributed by atoms with Gasteiger partial charge in [0.25, 0.3) is 0 Å². The highest BCUT2D eigenvalue weighted by Crippen LogP contribution is 2.32. The molecular formula is C16H17Cl2N. The van der Waals surface area contributed by atoms with E-state index in [9.17, 15) is 0 Å². The molecule has 0 saturated carbocycles. The lowest BCUT2D eigenvalue weighted by molar-refractivity contribution is 0.850. The first-order valence-electron chi connectivity index (χ1n) is 6.18. The normalized spacial score (nSPS) is 12.5. The quantitative estimate of drug-likeness (QED) is 0.831. The topological polar surface area (TPSA) is 26.0 Å². The van der Waals surface area contributed by atoms with Crippen LogP contribution in [0.1, 0.15) is 33.9 Å². The number of hydrogen-bond donors (Lipinski definition) is 1. The molecule has 0 aliphatic carbocycles. The lowest BCUT2D eigenvalue weighted by Gasteiger charge is -2.20. The van der Waals surface area contributed by atoms with Gasteiger partial charge in [-0.05, 0) is 61.2 Å². The van der Waals surface area contributed by atoms with Gasteiger partial charge in [0, 0.05) is 10.0 Å². The number of hydrogen-bond acceptors (Lipinski definition) is 1. The molecule has 2 aromatic rings. The van der Waals surface area contributed by atoms with E-state index in [1.54, 1.807) is 12.1 Å².